The van der Waals surface area contributed by atoms with E-state index in [1.165, 1.54) is 0 Å². The quantitative estimate of drug-likeness (QED) is 0.505. The minimum absolute atomic E-state index is 0.303. The molecule has 0 amide bonds. The molecular weight excluding hydrogens is 206 g/mol. The Labute approximate surface area is 73.9 Å². The Kier molecular flexibility index (Phi) is 1.82. The number of aromatic nitrogens is 1. The molecule has 0 unspecified atom stereocenters. The van der Waals surface area contributed by atoms with E-state index in [1.54, 1.807) is 0 Å². The summed E-state index contributed by atoms with van der Waals surface area (Å²) in [5, 5.41) is 0.898. The van der Waals surface area contributed by atoms with E-state index in [4.69, 9.17) is 4.74 Å². The maximum Gasteiger partial charge on any atom is 0.368 e. The van der Waals surface area contributed by atoms with E-state index < -0.39 is 0 Å². The zero-order valence-corrected chi connectivity index (χ0v) is 7.62. The first kappa shape index (κ1) is 7.10. The van der Waals surface area contributed by atoms with E-state index >= 15 is 0 Å². The van der Waals surface area contributed by atoms with Gasteiger partial charge >= 0.3 is 5.88 Å². The molecule has 2 nitrogen and oxygen atoms in total. The molecule has 0 bridgehead atoms. The van der Waals surface area contributed by atoms with Crippen LogP contribution in [0.1, 0.15) is 0 Å². The van der Waals surface area contributed by atoms with Crippen molar-refractivity contribution in [2.45, 2.75) is 12.6 Å². The SMILES string of the molecule is BrC[C@H]1C[n+]2ccccc2O1. The lowest BCUT2D eigenvalue weighted by atomic mass is 10.4. The lowest BCUT2D eigenvalue weighted by Gasteiger charge is -1.96. The minimum Gasteiger partial charge on any atom is -0.433 e. The molecule has 0 spiro atoms. The second-order valence-corrected chi connectivity index (χ2v) is 3.23. The number of pyridine rings is 1. The highest BCUT2D eigenvalue weighted by Crippen LogP contribution is 2.13. The normalized spacial score (nSPS) is 21.0. The van der Waals surface area contributed by atoms with E-state index in [-0.39, 0.29) is 0 Å². The molecule has 3 heteroatoms. The van der Waals surface area contributed by atoms with Crippen LogP contribution in [0.2, 0.25) is 0 Å². The van der Waals surface area contributed by atoms with Crippen molar-refractivity contribution in [2.75, 3.05) is 5.33 Å². The Balaban J connectivity index is 2.27. The van der Waals surface area contributed by atoms with Crippen LogP contribution in [-0.2, 0) is 6.54 Å². The van der Waals surface area contributed by atoms with Crippen LogP contribution in [0.5, 0.6) is 5.88 Å². The molecular formula is C8H9BrNO+. The molecule has 1 aliphatic heterocycles. The van der Waals surface area contributed by atoms with Crippen molar-refractivity contribution in [3.8, 4) is 5.88 Å². The summed E-state index contributed by atoms with van der Waals surface area (Å²) < 4.78 is 7.69. The van der Waals surface area contributed by atoms with Crippen LogP contribution >= 0.6 is 15.9 Å². The molecule has 0 saturated heterocycles. The number of alkyl halides is 1. The number of fused-ring (bicyclic) bond motifs is 1. The average Bonchev–Trinajstić information content (AvgIpc) is 2.46. The highest BCUT2D eigenvalue weighted by molar-refractivity contribution is 9.09. The van der Waals surface area contributed by atoms with Crippen molar-refractivity contribution < 1.29 is 9.30 Å². The predicted molar refractivity (Wildman–Crippen MR) is 44.8 cm³/mol. The molecule has 0 N–H and O–H groups in total. The fraction of sp³-hybridized carbons (Fsp3) is 0.375. The summed E-state index contributed by atoms with van der Waals surface area (Å²) in [4.78, 5) is 0. The largest absolute Gasteiger partial charge is 0.433 e. The summed E-state index contributed by atoms with van der Waals surface area (Å²) in [5.41, 5.74) is 0. The molecule has 0 fully saturated rings. The Hall–Kier alpha value is -0.570. The molecule has 0 aromatic carbocycles. The second kappa shape index (κ2) is 2.81. The Morgan fingerprint density at radius 3 is 3.27 bits per heavy atom. The van der Waals surface area contributed by atoms with Gasteiger partial charge in [-0.15, -0.1) is 0 Å². The predicted octanol–water partition coefficient (Wildman–Crippen LogP) is 1.13. The van der Waals surface area contributed by atoms with Crippen LogP contribution in [-0.4, -0.2) is 11.4 Å². The number of ether oxygens (including phenoxy) is 1. The van der Waals surface area contributed by atoms with E-state index in [0.717, 1.165) is 17.8 Å². The first-order valence-corrected chi connectivity index (χ1v) is 4.73. The molecule has 1 atom stereocenters. The van der Waals surface area contributed by atoms with Crippen molar-refractivity contribution in [2.24, 2.45) is 0 Å². The van der Waals surface area contributed by atoms with Gasteiger partial charge < -0.3 is 4.74 Å². The molecule has 0 saturated carbocycles. The van der Waals surface area contributed by atoms with Crippen LogP contribution in [0.3, 0.4) is 0 Å². The van der Waals surface area contributed by atoms with Gasteiger partial charge in [0, 0.05) is 11.4 Å². The van der Waals surface area contributed by atoms with Crippen LogP contribution in [0.4, 0.5) is 0 Å². The molecule has 1 aromatic rings. The molecule has 2 rings (SSSR count). The molecule has 11 heavy (non-hydrogen) atoms. The fourth-order valence-corrected chi connectivity index (χ4v) is 1.56. The van der Waals surface area contributed by atoms with Gasteiger partial charge in [0.05, 0.1) is 6.07 Å². The van der Waals surface area contributed by atoms with Crippen LogP contribution < -0.4 is 9.30 Å². The van der Waals surface area contributed by atoms with Crippen LogP contribution in [0, 0.1) is 0 Å². The Morgan fingerprint density at radius 1 is 1.64 bits per heavy atom. The van der Waals surface area contributed by atoms with Gasteiger partial charge in [-0.2, -0.15) is 4.57 Å². The van der Waals surface area contributed by atoms with E-state index in [2.05, 4.69) is 20.5 Å². The van der Waals surface area contributed by atoms with Gasteiger partial charge in [-0.3, -0.25) is 0 Å². The lowest BCUT2D eigenvalue weighted by Crippen LogP contribution is -2.32. The maximum absolute atomic E-state index is 5.57. The van der Waals surface area contributed by atoms with Gasteiger partial charge in [0.15, 0.2) is 18.8 Å². The Morgan fingerprint density at radius 2 is 2.55 bits per heavy atom. The molecule has 1 aromatic heterocycles. The van der Waals surface area contributed by atoms with Crippen molar-refractivity contribution in [1.82, 2.24) is 0 Å². The molecule has 1 aliphatic rings. The lowest BCUT2D eigenvalue weighted by molar-refractivity contribution is -0.681. The van der Waals surface area contributed by atoms with E-state index in [1.807, 2.05) is 24.4 Å². The van der Waals surface area contributed by atoms with Gasteiger partial charge in [0.25, 0.3) is 0 Å². The van der Waals surface area contributed by atoms with Crippen LogP contribution in [0.15, 0.2) is 24.4 Å². The third kappa shape index (κ3) is 1.25. The zero-order valence-electron chi connectivity index (χ0n) is 6.03. The van der Waals surface area contributed by atoms with Gasteiger partial charge in [0.1, 0.15) is 0 Å². The van der Waals surface area contributed by atoms with Crippen molar-refractivity contribution in [3.05, 3.63) is 24.4 Å². The highest BCUT2D eigenvalue weighted by atomic mass is 79.9. The Bertz CT molecular complexity index is 239. The summed E-state index contributed by atoms with van der Waals surface area (Å²) in [6, 6.07) is 5.99. The zero-order chi connectivity index (χ0) is 7.68. The third-order valence-corrected chi connectivity index (χ3v) is 2.48. The summed E-state index contributed by atoms with van der Waals surface area (Å²) in [6.45, 7) is 0.960. The molecule has 0 aliphatic carbocycles. The smallest absolute Gasteiger partial charge is 0.368 e. The summed E-state index contributed by atoms with van der Waals surface area (Å²) >= 11 is 3.40. The molecule has 0 radical (unpaired) electrons. The number of rotatable bonds is 1. The van der Waals surface area contributed by atoms with Crippen LogP contribution in [0.25, 0.3) is 0 Å². The standard InChI is InChI=1S/C8H9BrNO/c9-5-7-6-10-4-2-1-3-8(10)11-7/h1-4,7H,5-6H2/q+1/t7-/m0/s1. The monoisotopic (exact) mass is 214 g/mol. The number of hydrogen-bond donors (Lipinski definition) is 0. The van der Waals surface area contributed by atoms with E-state index in [0.29, 0.717) is 6.10 Å². The van der Waals surface area contributed by atoms with Crippen molar-refractivity contribution in [1.29, 1.82) is 0 Å². The highest BCUT2D eigenvalue weighted by Gasteiger charge is 2.27. The van der Waals surface area contributed by atoms with E-state index in [9.17, 15) is 0 Å². The number of hydrogen-bond acceptors (Lipinski definition) is 1. The van der Waals surface area contributed by atoms with Crippen molar-refractivity contribution >= 4 is 15.9 Å². The van der Waals surface area contributed by atoms with Gasteiger partial charge in [-0.1, -0.05) is 15.9 Å². The minimum atomic E-state index is 0.303. The third-order valence-electron chi connectivity index (χ3n) is 1.76. The van der Waals surface area contributed by atoms with Gasteiger partial charge in [-0.25, -0.2) is 0 Å². The maximum atomic E-state index is 5.57. The van der Waals surface area contributed by atoms with Gasteiger partial charge in [-0.05, 0) is 6.07 Å². The second-order valence-electron chi connectivity index (χ2n) is 2.59. The summed E-state index contributed by atoms with van der Waals surface area (Å²) in [5.74, 6) is 0.969. The molecule has 2 heterocycles. The van der Waals surface area contributed by atoms with Gasteiger partial charge in [0.2, 0.25) is 0 Å². The first-order valence-electron chi connectivity index (χ1n) is 3.61. The number of nitrogens with zero attached hydrogens (tertiary/aromatic N) is 1. The summed E-state index contributed by atoms with van der Waals surface area (Å²) in [7, 11) is 0. The summed E-state index contributed by atoms with van der Waals surface area (Å²) in [6.07, 6.45) is 2.34. The average molecular weight is 215 g/mol. The fourth-order valence-electron chi connectivity index (χ4n) is 1.23. The van der Waals surface area contributed by atoms with Crippen molar-refractivity contribution in [3.63, 3.8) is 0 Å². The topological polar surface area (TPSA) is 13.1 Å². The first-order chi connectivity index (χ1) is 5.40. The number of halogens is 1. The molecule has 58 valence electrons.